The van der Waals surface area contributed by atoms with Gasteiger partial charge in [0.2, 0.25) is 0 Å². The van der Waals surface area contributed by atoms with Crippen molar-refractivity contribution in [1.82, 2.24) is 0 Å². The lowest BCUT2D eigenvalue weighted by molar-refractivity contribution is 0.0526. The second-order valence-electron chi connectivity index (χ2n) is 6.13. The lowest BCUT2D eigenvalue weighted by Crippen LogP contribution is -2.21. The summed E-state index contributed by atoms with van der Waals surface area (Å²) in [5, 5.41) is 8.23. The van der Waals surface area contributed by atoms with Crippen LogP contribution in [0.1, 0.15) is 46.1 Å². The monoisotopic (exact) mass is 408 g/mol. The molecule has 26 heavy (non-hydrogen) atoms. The van der Waals surface area contributed by atoms with Gasteiger partial charge in [-0.2, -0.15) is 0 Å². The molecular weight excluding hydrogens is 388 g/mol. The van der Waals surface area contributed by atoms with Crippen LogP contribution in [0, 0.1) is 6.92 Å². The topological polar surface area (TPSA) is 50.4 Å². The number of nitrogens with one attached hydrogen (secondary N) is 2. The van der Waals surface area contributed by atoms with E-state index in [0.29, 0.717) is 22.3 Å². The van der Waals surface area contributed by atoms with Crippen molar-refractivity contribution in [3.63, 3.8) is 0 Å². The van der Waals surface area contributed by atoms with Crippen molar-refractivity contribution < 1.29 is 9.53 Å². The summed E-state index contributed by atoms with van der Waals surface area (Å²) >= 11 is 13.2. The Hall–Kier alpha value is -1.63. The Balaban J connectivity index is 1.84. The molecule has 0 fully saturated rings. The average Bonchev–Trinajstić information content (AvgIpc) is 2.97. The Morgan fingerprint density at radius 1 is 1.31 bits per heavy atom. The zero-order valence-electron chi connectivity index (χ0n) is 14.8. The SMILES string of the molecule is CCOC(=O)c1c(NC(=S)Nc2cccc(Cl)c2C)sc2c1CCCC2. The molecule has 0 bridgehead atoms. The maximum Gasteiger partial charge on any atom is 0.341 e. The van der Waals surface area contributed by atoms with Crippen LogP contribution in [0.15, 0.2) is 18.2 Å². The Bertz CT molecular complexity index is 848. The van der Waals surface area contributed by atoms with Gasteiger partial charge in [-0.3, -0.25) is 0 Å². The fourth-order valence-corrected chi connectivity index (χ4v) is 4.81. The molecule has 138 valence electrons. The minimum absolute atomic E-state index is 0.281. The predicted octanol–water partition coefficient (Wildman–Crippen LogP) is 5.57. The van der Waals surface area contributed by atoms with E-state index < -0.39 is 0 Å². The van der Waals surface area contributed by atoms with Crippen molar-refractivity contribution in [2.45, 2.75) is 39.5 Å². The first kappa shape index (κ1) is 19.1. The van der Waals surface area contributed by atoms with Crippen LogP contribution in [0.3, 0.4) is 0 Å². The third kappa shape index (κ3) is 4.03. The van der Waals surface area contributed by atoms with Gasteiger partial charge in [0.15, 0.2) is 5.11 Å². The number of anilines is 2. The standard InChI is InChI=1S/C19H21ClN2O2S2/c1-3-24-18(23)16-12-7-4-5-10-15(12)26-17(16)22-19(25)21-14-9-6-8-13(20)11(14)2/h6,8-9H,3-5,7,10H2,1-2H3,(H2,21,22,25). The van der Waals surface area contributed by atoms with E-state index in [4.69, 9.17) is 28.6 Å². The maximum absolute atomic E-state index is 12.5. The van der Waals surface area contributed by atoms with E-state index in [-0.39, 0.29) is 5.97 Å². The highest BCUT2D eigenvalue weighted by Gasteiger charge is 2.26. The second-order valence-corrected chi connectivity index (χ2v) is 8.05. The number of thiophene rings is 1. The van der Waals surface area contributed by atoms with Gasteiger partial charge >= 0.3 is 5.97 Å². The van der Waals surface area contributed by atoms with Crippen molar-refractivity contribution in [2.24, 2.45) is 0 Å². The van der Waals surface area contributed by atoms with Crippen molar-refractivity contribution in [2.75, 3.05) is 17.2 Å². The summed E-state index contributed by atoms with van der Waals surface area (Å²) in [7, 11) is 0. The molecular formula is C19H21ClN2O2S2. The number of thiocarbonyl (C=S) groups is 1. The molecule has 2 aromatic rings. The number of esters is 1. The van der Waals surface area contributed by atoms with Gasteiger partial charge in [0.25, 0.3) is 0 Å². The molecule has 0 spiro atoms. The van der Waals surface area contributed by atoms with E-state index in [1.165, 1.54) is 4.88 Å². The van der Waals surface area contributed by atoms with E-state index in [1.807, 2.05) is 32.0 Å². The number of rotatable bonds is 4. The van der Waals surface area contributed by atoms with E-state index in [9.17, 15) is 4.79 Å². The van der Waals surface area contributed by atoms with Gasteiger partial charge in [-0.25, -0.2) is 4.79 Å². The summed E-state index contributed by atoms with van der Waals surface area (Å²) in [4.78, 5) is 13.8. The third-order valence-electron chi connectivity index (χ3n) is 4.39. The van der Waals surface area contributed by atoms with Crippen molar-refractivity contribution >= 4 is 56.9 Å². The molecule has 4 nitrogen and oxygen atoms in total. The fraction of sp³-hybridized carbons (Fsp3) is 0.368. The molecule has 3 rings (SSSR count). The maximum atomic E-state index is 12.5. The molecule has 0 aliphatic heterocycles. The summed E-state index contributed by atoms with van der Waals surface area (Å²) in [6, 6.07) is 5.62. The molecule has 0 saturated carbocycles. The Kier molecular flexibility index (Phi) is 6.16. The number of fused-ring (bicyclic) bond motifs is 1. The lowest BCUT2D eigenvalue weighted by Gasteiger charge is -2.14. The smallest absolute Gasteiger partial charge is 0.341 e. The molecule has 1 heterocycles. The molecule has 1 aliphatic rings. The summed E-state index contributed by atoms with van der Waals surface area (Å²) in [6.07, 6.45) is 4.16. The Labute approximate surface area is 167 Å². The number of aryl methyl sites for hydroxylation is 1. The first-order valence-electron chi connectivity index (χ1n) is 8.66. The van der Waals surface area contributed by atoms with Crippen LogP contribution in [0.5, 0.6) is 0 Å². The van der Waals surface area contributed by atoms with Crippen LogP contribution in [0.2, 0.25) is 5.02 Å². The molecule has 0 atom stereocenters. The Morgan fingerprint density at radius 3 is 2.85 bits per heavy atom. The van der Waals surface area contributed by atoms with E-state index in [2.05, 4.69) is 10.6 Å². The molecule has 0 saturated heterocycles. The number of hydrogen-bond donors (Lipinski definition) is 2. The third-order valence-corrected chi connectivity index (χ3v) is 6.21. The zero-order valence-corrected chi connectivity index (χ0v) is 17.2. The lowest BCUT2D eigenvalue weighted by atomic mass is 9.95. The number of halogens is 1. The Morgan fingerprint density at radius 2 is 2.08 bits per heavy atom. The second kappa shape index (κ2) is 8.37. The minimum atomic E-state index is -0.281. The zero-order chi connectivity index (χ0) is 18.7. The highest BCUT2D eigenvalue weighted by Crippen LogP contribution is 2.38. The predicted molar refractivity (Wildman–Crippen MR) is 113 cm³/mol. The number of carbonyl (C=O) groups is 1. The first-order chi connectivity index (χ1) is 12.5. The van der Waals surface area contributed by atoms with E-state index in [1.54, 1.807) is 11.3 Å². The van der Waals surface area contributed by atoms with Crippen LogP contribution in [-0.2, 0) is 17.6 Å². The summed E-state index contributed by atoms with van der Waals surface area (Å²) < 4.78 is 5.27. The van der Waals surface area contributed by atoms with Crippen LogP contribution in [0.25, 0.3) is 0 Å². The molecule has 0 radical (unpaired) electrons. The normalized spacial score (nSPS) is 13.0. The summed E-state index contributed by atoms with van der Waals surface area (Å²) in [5.74, 6) is -0.281. The number of carbonyl (C=O) groups excluding carboxylic acids is 1. The van der Waals surface area contributed by atoms with Gasteiger partial charge in [-0.05, 0) is 75.0 Å². The number of hydrogen-bond acceptors (Lipinski definition) is 4. The summed E-state index contributed by atoms with van der Waals surface area (Å²) in [6.45, 7) is 4.10. The van der Waals surface area contributed by atoms with Crippen LogP contribution in [-0.4, -0.2) is 17.7 Å². The first-order valence-corrected chi connectivity index (χ1v) is 10.3. The van der Waals surface area contributed by atoms with E-state index in [0.717, 1.165) is 47.5 Å². The highest BCUT2D eigenvalue weighted by atomic mass is 35.5. The van der Waals surface area contributed by atoms with Crippen molar-refractivity contribution in [3.05, 3.63) is 44.8 Å². The van der Waals surface area contributed by atoms with Crippen LogP contribution < -0.4 is 10.6 Å². The molecule has 1 aliphatic carbocycles. The van der Waals surface area contributed by atoms with E-state index >= 15 is 0 Å². The largest absolute Gasteiger partial charge is 0.462 e. The van der Waals surface area contributed by atoms with Gasteiger partial charge in [0.05, 0.1) is 12.2 Å². The molecule has 7 heteroatoms. The van der Waals surface area contributed by atoms with Crippen LogP contribution >= 0.6 is 35.2 Å². The van der Waals surface area contributed by atoms with Gasteiger partial charge < -0.3 is 15.4 Å². The minimum Gasteiger partial charge on any atom is -0.462 e. The molecule has 0 amide bonds. The van der Waals surface area contributed by atoms with Crippen LogP contribution in [0.4, 0.5) is 10.7 Å². The molecule has 2 N–H and O–H groups in total. The van der Waals surface area contributed by atoms with Gasteiger partial charge in [-0.1, -0.05) is 17.7 Å². The fourth-order valence-electron chi connectivity index (χ4n) is 3.07. The molecule has 0 unspecified atom stereocenters. The van der Waals surface area contributed by atoms with Gasteiger partial charge in [-0.15, -0.1) is 11.3 Å². The van der Waals surface area contributed by atoms with Crippen molar-refractivity contribution in [1.29, 1.82) is 0 Å². The molecule has 1 aromatic heterocycles. The van der Waals surface area contributed by atoms with Gasteiger partial charge in [0, 0.05) is 15.6 Å². The van der Waals surface area contributed by atoms with Crippen molar-refractivity contribution in [3.8, 4) is 0 Å². The quantitative estimate of drug-likeness (QED) is 0.511. The number of benzene rings is 1. The average molecular weight is 409 g/mol. The van der Waals surface area contributed by atoms with Gasteiger partial charge in [0.1, 0.15) is 5.00 Å². The summed E-state index contributed by atoms with van der Waals surface area (Å²) in [5.41, 5.74) is 3.52. The highest BCUT2D eigenvalue weighted by molar-refractivity contribution is 7.80. The number of ether oxygens (including phenoxy) is 1. The molecule has 1 aromatic carbocycles.